The van der Waals surface area contributed by atoms with E-state index in [4.69, 9.17) is 16.1 Å². The van der Waals surface area contributed by atoms with Crippen molar-refractivity contribution in [2.75, 3.05) is 0 Å². The Hall–Kier alpha value is -3.33. The molecule has 0 aliphatic rings. The Labute approximate surface area is 166 Å². The van der Waals surface area contributed by atoms with E-state index in [-0.39, 0.29) is 22.3 Å². The van der Waals surface area contributed by atoms with E-state index in [2.05, 4.69) is 15.1 Å². The van der Waals surface area contributed by atoms with E-state index in [1.165, 1.54) is 10.6 Å². The van der Waals surface area contributed by atoms with Gasteiger partial charge in [0.2, 0.25) is 5.82 Å². The summed E-state index contributed by atoms with van der Waals surface area (Å²) in [5.41, 5.74) is 1.30. The highest BCUT2D eigenvalue weighted by Gasteiger charge is 2.32. The molecule has 10 heteroatoms. The molecule has 5 rings (SSSR count). The Kier molecular flexibility index (Phi) is 3.72. The molecular weight excluding hydrogens is 407 g/mol. The van der Waals surface area contributed by atoms with E-state index >= 15 is 0 Å². The molecule has 0 saturated carbocycles. The Bertz CT molecular complexity index is 1380. The number of benzene rings is 1. The third-order valence-corrected chi connectivity index (χ3v) is 4.93. The molecular formula is C19H11ClF3N5O. The molecule has 0 atom stereocenters. The van der Waals surface area contributed by atoms with Crippen molar-refractivity contribution in [1.29, 1.82) is 0 Å². The number of rotatable bonds is 2. The van der Waals surface area contributed by atoms with Crippen LogP contribution in [0.5, 0.6) is 0 Å². The van der Waals surface area contributed by atoms with Gasteiger partial charge < -0.3 is 13.5 Å². The van der Waals surface area contributed by atoms with Gasteiger partial charge in [-0.25, -0.2) is 4.98 Å². The number of imidazole rings is 1. The molecule has 146 valence electrons. The van der Waals surface area contributed by atoms with Crippen LogP contribution in [0.25, 0.3) is 39.5 Å². The Morgan fingerprint density at radius 2 is 1.93 bits per heavy atom. The Balaban J connectivity index is 1.60. The lowest BCUT2D eigenvalue weighted by Crippen LogP contribution is -2.06. The number of alkyl halides is 3. The molecule has 6 nitrogen and oxygen atoms in total. The summed E-state index contributed by atoms with van der Waals surface area (Å²) in [5, 5.41) is 4.84. The first-order valence-electron chi connectivity index (χ1n) is 8.45. The van der Waals surface area contributed by atoms with E-state index in [9.17, 15) is 13.2 Å². The highest BCUT2D eigenvalue weighted by Crippen LogP contribution is 2.33. The summed E-state index contributed by atoms with van der Waals surface area (Å²) < 4.78 is 47.5. The van der Waals surface area contributed by atoms with Crippen molar-refractivity contribution in [2.24, 2.45) is 7.05 Å². The molecule has 29 heavy (non-hydrogen) atoms. The number of halogens is 4. The van der Waals surface area contributed by atoms with Crippen molar-refractivity contribution in [1.82, 2.24) is 24.1 Å². The first-order valence-corrected chi connectivity index (χ1v) is 8.83. The van der Waals surface area contributed by atoms with E-state index < -0.39 is 11.7 Å². The van der Waals surface area contributed by atoms with Gasteiger partial charge in [0.15, 0.2) is 5.65 Å². The number of pyridine rings is 1. The quantitative estimate of drug-likeness (QED) is 0.395. The normalized spacial score (nSPS) is 12.3. The van der Waals surface area contributed by atoms with Crippen LogP contribution in [0.15, 0.2) is 53.4 Å². The van der Waals surface area contributed by atoms with Crippen molar-refractivity contribution in [2.45, 2.75) is 6.18 Å². The summed E-state index contributed by atoms with van der Waals surface area (Å²) in [7, 11) is 1.93. The lowest BCUT2D eigenvalue weighted by molar-refractivity contribution is -0.137. The first-order chi connectivity index (χ1) is 13.8. The zero-order valence-electron chi connectivity index (χ0n) is 14.8. The average Bonchev–Trinajstić information content (AvgIpc) is 3.39. The average molecular weight is 418 g/mol. The van der Waals surface area contributed by atoms with Crippen molar-refractivity contribution in [3.63, 3.8) is 0 Å². The minimum absolute atomic E-state index is 0.0845. The first kappa shape index (κ1) is 17.7. The molecule has 5 aromatic rings. The predicted octanol–water partition coefficient (Wildman–Crippen LogP) is 5.22. The van der Waals surface area contributed by atoms with Gasteiger partial charge in [0.1, 0.15) is 5.69 Å². The van der Waals surface area contributed by atoms with Crippen LogP contribution in [0.1, 0.15) is 5.56 Å². The monoisotopic (exact) mass is 417 g/mol. The van der Waals surface area contributed by atoms with Crippen molar-refractivity contribution in [3.05, 3.63) is 59.5 Å². The molecule has 0 radical (unpaired) electrons. The lowest BCUT2D eigenvalue weighted by Gasteiger charge is -2.07. The maximum Gasteiger partial charge on any atom is 0.417 e. The summed E-state index contributed by atoms with van der Waals surface area (Å²) in [5.74, 6) is 0.442. The largest absolute Gasteiger partial charge is 0.417 e. The van der Waals surface area contributed by atoms with Crippen LogP contribution < -0.4 is 0 Å². The highest BCUT2D eigenvalue weighted by molar-refractivity contribution is 6.33. The minimum atomic E-state index is -4.52. The zero-order valence-corrected chi connectivity index (χ0v) is 15.5. The van der Waals surface area contributed by atoms with Gasteiger partial charge in [0, 0.05) is 42.1 Å². The number of aromatic nitrogens is 5. The Morgan fingerprint density at radius 3 is 2.72 bits per heavy atom. The van der Waals surface area contributed by atoms with E-state index in [0.717, 1.165) is 28.7 Å². The number of fused-ring (bicyclic) bond motifs is 2. The van der Waals surface area contributed by atoms with Crippen molar-refractivity contribution in [3.8, 4) is 23.0 Å². The van der Waals surface area contributed by atoms with Crippen LogP contribution in [-0.4, -0.2) is 24.1 Å². The SMILES string of the molecule is Cn1ccc2c(-c3noc(-c4cn5cc(C(F)(F)F)cc(Cl)c5n4)n3)cccc21. The minimum Gasteiger partial charge on any atom is -0.351 e. The molecule has 0 saturated heterocycles. The number of nitrogens with zero attached hydrogens (tertiary/aromatic N) is 5. The van der Waals surface area contributed by atoms with Gasteiger partial charge >= 0.3 is 6.18 Å². The second-order valence-electron chi connectivity index (χ2n) is 6.52. The number of hydrogen-bond donors (Lipinski definition) is 0. The maximum atomic E-state index is 13.0. The molecule has 0 aliphatic heterocycles. The van der Waals surface area contributed by atoms with E-state index in [1.54, 1.807) is 0 Å². The van der Waals surface area contributed by atoms with Crippen LogP contribution in [0.4, 0.5) is 13.2 Å². The molecule has 0 amide bonds. The van der Waals surface area contributed by atoms with Crippen LogP contribution in [0.3, 0.4) is 0 Å². The second kappa shape index (κ2) is 6.08. The van der Waals surface area contributed by atoms with Gasteiger partial charge in [-0.2, -0.15) is 18.2 Å². The van der Waals surface area contributed by atoms with Gasteiger partial charge in [-0.15, -0.1) is 0 Å². The molecule has 0 fully saturated rings. The molecule has 0 unspecified atom stereocenters. The standard InChI is InChI=1S/C19H11ClF3N5O/c1-27-6-5-11-12(3-2-4-15(11)27)16-25-18(29-26-16)14-9-28-8-10(19(21,22)23)7-13(20)17(28)24-14/h2-9H,1H3. The van der Waals surface area contributed by atoms with E-state index in [0.29, 0.717) is 5.82 Å². The summed E-state index contributed by atoms with van der Waals surface area (Å²) >= 11 is 5.99. The summed E-state index contributed by atoms with van der Waals surface area (Å²) in [6, 6.07) is 8.51. The van der Waals surface area contributed by atoms with Gasteiger partial charge in [-0.05, 0) is 18.2 Å². The van der Waals surface area contributed by atoms with Gasteiger partial charge in [-0.3, -0.25) is 0 Å². The van der Waals surface area contributed by atoms with Crippen LogP contribution in [0.2, 0.25) is 5.02 Å². The molecule has 1 aromatic carbocycles. The fourth-order valence-corrected chi connectivity index (χ4v) is 3.51. The van der Waals surface area contributed by atoms with Crippen LogP contribution in [0, 0.1) is 0 Å². The molecule has 0 spiro atoms. The topological polar surface area (TPSA) is 61.2 Å². The van der Waals surface area contributed by atoms with Crippen molar-refractivity contribution >= 4 is 28.2 Å². The molecule has 4 aromatic heterocycles. The molecule has 0 bridgehead atoms. The van der Waals surface area contributed by atoms with Crippen LogP contribution in [-0.2, 0) is 13.2 Å². The van der Waals surface area contributed by atoms with Crippen molar-refractivity contribution < 1.29 is 17.7 Å². The molecule has 0 aliphatic carbocycles. The fourth-order valence-electron chi connectivity index (χ4n) is 3.25. The lowest BCUT2D eigenvalue weighted by atomic mass is 10.1. The summed E-state index contributed by atoms with van der Waals surface area (Å²) in [6.45, 7) is 0. The molecule has 0 N–H and O–H groups in total. The number of aryl methyl sites for hydroxylation is 1. The second-order valence-corrected chi connectivity index (χ2v) is 6.93. The zero-order chi connectivity index (χ0) is 20.3. The predicted molar refractivity (Wildman–Crippen MR) is 100 cm³/mol. The fraction of sp³-hybridized carbons (Fsp3) is 0.105. The maximum absolute atomic E-state index is 13.0. The van der Waals surface area contributed by atoms with Crippen LogP contribution >= 0.6 is 11.6 Å². The van der Waals surface area contributed by atoms with Gasteiger partial charge in [0.05, 0.1) is 10.6 Å². The van der Waals surface area contributed by atoms with E-state index in [1.807, 2.05) is 42.1 Å². The molecule has 4 heterocycles. The third-order valence-electron chi connectivity index (χ3n) is 4.65. The Morgan fingerprint density at radius 1 is 1.10 bits per heavy atom. The van der Waals surface area contributed by atoms with Gasteiger partial charge in [0.25, 0.3) is 5.89 Å². The van der Waals surface area contributed by atoms with Gasteiger partial charge in [-0.1, -0.05) is 28.9 Å². The smallest absolute Gasteiger partial charge is 0.351 e. The third kappa shape index (κ3) is 2.85. The highest BCUT2D eigenvalue weighted by atomic mass is 35.5. The summed E-state index contributed by atoms with van der Waals surface area (Å²) in [4.78, 5) is 8.62. The summed E-state index contributed by atoms with van der Waals surface area (Å²) in [6.07, 6.45) is -0.303. The number of hydrogen-bond acceptors (Lipinski definition) is 4.